The van der Waals surface area contributed by atoms with Gasteiger partial charge in [0.1, 0.15) is 0 Å². The number of aliphatic carboxylic acids is 1. The third-order valence-electron chi connectivity index (χ3n) is 3.52. The van der Waals surface area contributed by atoms with Crippen LogP contribution >= 0.6 is 24.8 Å². The molecular formula is C12H16Cl2F3N3O3. The van der Waals surface area contributed by atoms with Crippen molar-refractivity contribution in [3.8, 4) is 0 Å². The minimum atomic E-state index is -4.63. The number of aromatic nitrogens is 2. The Labute approximate surface area is 142 Å². The molecule has 0 spiro atoms. The second-order valence-corrected chi connectivity index (χ2v) is 5.09. The van der Waals surface area contributed by atoms with Gasteiger partial charge in [-0.2, -0.15) is 18.3 Å². The number of aryl methyl sites for hydroxylation is 1. The molecule has 0 aromatic carbocycles. The van der Waals surface area contributed by atoms with Gasteiger partial charge in [0.15, 0.2) is 0 Å². The van der Waals surface area contributed by atoms with E-state index >= 15 is 0 Å². The lowest BCUT2D eigenvalue weighted by molar-refractivity contribution is -0.188. The first-order valence-corrected chi connectivity index (χ1v) is 6.23. The molecule has 1 aromatic rings. The Kier molecular flexibility index (Phi) is 7.36. The lowest BCUT2D eigenvalue weighted by Crippen LogP contribution is -2.34. The van der Waals surface area contributed by atoms with Gasteiger partial charge in [0.05, 0.1) is 24.5 Å². The van der Waals surface area contributed by atoms with E-state index in [9.17, 15) is 22.8 Å². The second-order valence-electron chi connectivity index (χ2n) is 5.09. The number of carbonyl (C=O) groups excluding carboxylic acids is 1. The number of rotatable bonds is 3. The average Bonchev–Trinajstić information content (AvgIpc) is 2.94. The Morgan fingerprint density at radius 3 is 2.35 bits per heavy atom. The van der Waals surface area contributed by atoms with E-state index in [0.717, 1.165) is 4.90 Å². The standard InChI is InChI=1S/C12H14F3N3O3.2ClH/c1-17-4-7(3-16-17)2-10(19)18-5-8(11(20)21)9(6-18)12(13,14)15;;/h3-4,8-9H,2,5-6H2,1H3,(H,20,21);2*1H/t8-,9-;;/m1../s1. The predicted octanol–water partition coefficient (Wildman–Crippen LogP) is 1.53. The molecular weight excluding hydrogens is 362 g/mol. The summed E-state index contributed by atoms with van der Waals surface area (Å²) in [5, 5.41) is 12.8. The van der Waals surface area contributed by atoms with Crippen LogP contribution in [-0.4, -0.2) is 50.9 Å². The summed E-state index contributed by atoms with van der Waals surface area (Å²) >= 11 is 0. The van der Waals surface area contributed by atoms with E-state index < -0.39 is 43.0 Å². The molecule has 0 radical (unpaired) electrons. The van der Waals surface area contributed by atoms with Crippen molar-refractivity contribution in [3.05, 3.63) is 18.0 Å². The number of halogens is 5. The SMILES string of the molecule is Cl.Cl.Cn1cc(CC(=O)N2C[C@@H](C(F)(F)F)[C@H](C(=O)O)C2)cn1. The van der Waals surface area contributed by atoms with Crippen molar-refractivity contribution < 1.29 is 27.9 Å². The van der Waals surface area contributed by atoms with Gasteiger partial charge >= 0.3 is 12.1 Å². The predicted molar refractivity (Wildman–Crippen MR) is 78.7 cm³/mol. The zero-order valence-corrected chi connectivity index (χ0v) is 13.6. The molecule has 1 aliphatic heterocycles. The fourth-order valence-electron chi connectivity index (χ4n) is 2.44. The quantitative estimate of drug-likeness (QED) is 0.866. The smallest absolute Gasteiger partial charge is 0.394 e. The van der Waals surface area contributed by atoms with Gasteiger partial charge in [0.25, 0.3) is 0 Å². The average molecular weight is 378 g/mol. The topological polar surface area (TPSA) is 75.4 Å². The molecule has 11 heteroatoms. The molecule has 1 aromatic heterocycles. The number of carboxylic acids is 1. The number of alkyl halides is 3. The molecule has 0 saturated carbocycles. The molecule has 2 atom stereocenters. The largest absolute Gasteiger partial charge is 0.481 e. The van der Waals surface area contributed by atoms with Crippen LogP contribution in [0.3, 0.4) is 0 Å². The normalized spacial score (nSPS) is 20.6. The van der Waals surface area contributed by atoms with Crippen LogP contribution in [0.25, 0.3) is 0 Å². The van der Waals surface area contributed by atoms with Gasteiger partial charge in [-0.05, 0) is 5.56 Å². The third-order valence-corrected chi connectivity index (χ3v) is 3.52. The lowest BCUT2D eigenvalue weighted by atomic mass is 9.96. The summed E-state index contributed by atoms with van der Waals surface area (Å²) in [7, 11) is 1.66. The molecule has 6 nitrogen and oxygen atoms in total. The molecule has 0 bridgehead atoms. The summed E-state index contributed by atoms with van der Waals surface area (Å²) < 4.78 is 39.9. The highest BCUT2D eigenvalue weighted by molar-refractivity contribution is 5.85. The van der Waals surface area contributed by atoms with Crippen LogP contribution in [0, 0.1) is 11.8 Å². The first-order valence-electron chi connectivity index (χ1n) is 6.23. The van der Waals surface area contributed by atoms with Gasteiger partial charge in [-0.3, -0.25) is 14.3 Å². The van der Waals surface area contributed by atoms with E-state index in [1.54, 1.807) is 13.2 Å². The molecule has 2 rings (SSSR count). The van der Waals surface area contributed by atoms with Crippen LogP contribution in [-0.2, 0) is 23.1 Å². The van der Waals surface area contributed by atoms with Gasteiger partial charge in [-0.1, -0.05) is 0 Å². The van der Waals surface area contributed by atoms with Gasteiger partial charge in [0, 0.05) is 26.3 Å². The second kappa shape index (κ2) is 7.87. The number of carbonyl (C=O) groups is 2. The Bertz CT molecular complexity index is 565. The summed E-state index contributed by atoms with van der Waals surface area (Å²) in [4.78, 5) is 23.9. The van der Waals surface area contributed by atoms with Gasteiger partial charge in [-0.15, -0.1) is 24.8 Å². The molecule has 132 valence electrons. The van der Waals surface area contributed by atoms with Crippen molar-refractivity contribution in [3.63, 3.8) is 0 Å². The van der Waals surface area contributed by atoms with Crippen LogP contribution in [0.1, 0.15) is 5.56 Å². The maximum Gasteiger partial charge on any atom is 0.394 e. The fourth-order valence-corrected chi connectivity index (χ4v) is 2.44. The first-order chi connectivity index (χ1) is 9.68. The Morgan fingerprint density at radius 1 is 1.35 bits per heavy atom. The van der Waals surface area contributed by atoms with Gasteiger partial charge in [-0.25, -0.2) is 0 Å². The maximum atomic E-state index is 12.8. The zero-order valence-electron chi connectivity index (χ0n) is 12.0. The number of likely N-dealkylation sites (tertiary alicyclic amines) is 1. The lowest BCUT2D eigenvalue weighted by Gasteiger charge is -2.18. The highest BCUT2D eigenvalue weighted by Crippen LogP contribution is 2.37. The fraction of sp³-hybridized carbons (Fsp3) is 0.583. The number of nitrogens with zero attached hydrogens (tertiary/aromatic N) is 3. The minimum absolute atomic E-state index is 0. The summed E-state index contributed by atoms with van der Waals surface area (Å²) in [6, 6.07) is 0. The van der Waals surface area contributed by atoms with Crippen molar-refractivity contribution in [2.45, 2.75) is 12.6 Å². The molecule has 1 N–H and O–H groups in total. The van der Waals surface area contributed by atoms with E-state index in [1.807, 2.05) is 0 Å². The number of amides is 1. The van der Waals surface area contributed by atoms with Crippen molar-refractivity contribution in [2.75, 3.05) is 13.1 Å². The molecule has 1 fully saturated rings. The Morgan fingerprint density at radius 2 is 1.96 bits per heavy atom. The Hall–Kier alpha value is -1.48. The van der Waals surface area contributed by atoms with Crippen molar-refractivity contribution in [1.82, 2.24) is 14.7 Å². The number of carboxylic acid groups (broad SMARTS) is 1. The molecule has 0 unspecified atom stereocenters. The minimum Gasteiger partial charge on any atom is -0.481 e. The monoisotopic (exact) mass is 377 g/mol. The van der Waals surface area contributed by atoms with E-state index in [0.29, 0.717) is 5.56 Å². The van der Waals surface area contributed by atoms with Crippen LogP contribution < -0.4 is 0 Å². The van der Waals surface area contributed by atoms with Crippen LogP contribution in [0.15, 0.2) is 12.4 Å². The number of hydrogen-bond acceptors (Lipinski definition) is 3. The number of hydrogen-bond donors (Lipinski definition) is 1. The highest BCUT2D eigenvalue weighted by Gasteiger charge is 2.53. The summed E-state index contributed by atoms with van der Waals surface area (Å²) in [5.74, 6) is -5.69. The Balaban J connectivity index is 0.00000242. The first kappa shape index (κ1) is 21.5. The maximum absolute atomic E-state index is 12.8. The van der Waals surface area contributed by atoms with Crippen LogP contribution in [0.5, 0.6) is 0 Å². The van der Waals surface area contributed by atoms with E-state index in [1.165, 1.54) is 10.9 Å². The zero-order chi connectivity index (χ0) is 15.8. The third kappa shape index (κ3) is 5.00. The van der Waals surface area contributed by atoms with Crippen molar-refractivity contribution in [2.24, 2.45) is 18.9 Å². The summed E-state index contributed by atoms with van der Waals surface area (Å²) in [5.41, 5.74) is 0.574. The van der Waals surface area contributed by atoms with Crippen molar-refractivity contribution >= 4 is 36.7 Å². The summed E-state index contributed by atoms with van der Waals surface area (Å²) in [6.07, 6.45) is -1.69. The van der Waals surface area contributed by atoms with E-state index in [-0.39, 0.29) is 31.2 Å². The highest BCUT2D eigenvalue weighted by atomic mass is 35.5. The van der Waals surface area contributed by atoms with E-state index in [2.05, 4.69) is 5.10 Å². The summed E-state index contributed by atoms with van der Waals surface area (Å²) in [6.45, 7) is -1.03. The molecule has 1 amide bonds. The molecule has 1 saturated heterocycles. The van der Waals surface area contributed by atoms with Crippen LogP contribution in [0.2, 0.25) is 0 Å². The molecule has 0 aliphatic carbocycles. The van der Waals surface area contributed by atoms with Gasteiger partial charge in [0.2, 0.25) is 5.91 Å². The van der Waals surface area contributed by atoms with Crippen LogP contribution in [0.4, 0.5) is 13.2 Å². The molecule has 2 heterocycles. The van der Waals surface area contributed by atoms with Crippen molar-refractivity contribution in [1.29, 1.82) is 0 Å². The van der Waals surface area contributed by atoms with Gasteiger partial charge < -0.3 is 10.0 Å². The van der Waals surface area contributed by atoms with E-state index in [4.69, 9.17) is 5.11 Å². The molecule has 23 heavy (non-hydrogen) atoms. The molecule has 1 aliphatic rings.